The average molecular weight is 317 g/mol. The van der Waals surface area contributed by atoms with E-state index in [9.17, 15) is 9.59 Å². The smallest absolute Gasteiger partial charge is 0.315 e. The lowest BCUT2D eigenvalue weighted by Crippen LogP contribution is -2.42. The van der Waals surface area contributed by atoms with Crippen molar-refractivity contribution < 1.29 is 9.59 Å². The number of carbonyl (C=O) groups is 2. The molecular formula is C18H27N3O2. The van der Waals surface area contributed by atoms with Crippen molar-refractivity contribution in [3.8, 4) is 0 Å². The summed E-state index contributed by atoms with van der Waals surface area (Å²) in [6.45, 7) is 6.07. The van der Waals surface area contributed by atoms with Crippen LogP contribution in [-0.2, 0) is 4.79 Å². The highest BCUT2D eigenvalue weighted by Crippen LogP contribution is 2.30. The van der Waals surface area contributed by atoms with E-state index >= 15 is 0 Å². The molecule has 1 aromatic carbocycles. The fourth-order valence-corrected chi connectivity index (χ4v) is 2.44. The first kappa shape index (κ1) is 17.3. The maximum atomic E-state index is 12.0. The molecule has 1 aliphatic rings. The van der Waals surface area contributed by atoms with E-state index in [2.05, 4.69) is 29.8 Å². The second-order valence-corrected chi connectivity index (χ2v) is 6.24. The van der Waals surface area contributed by atoms with Crippen LogP contribution in [0.4, 0.5) is 10.5 Å². The molecule has 0 aromatic heterocycles. The summed E-state index contributed by atoms with van der Waals surface area (Å²) in [6, 6.07) is 7.62. The van der Waals surface area contributed by atoms with Gasteiger partial charge in [0.1, 0.15) is 0 Å². The summed E-state index contributed by atoms with van der Waals surface area (Å²) in [7, 11) is 0. The zero-order valence-electron chi connectivity index (χ0n) is 14.2. The Kier molecular flexibility index (Phi) is 6.02. The molecule has 1 fully saturated rings. The van der Waals surface area contributed by atoms with Gasteiger partial charge in [0.15, 0.2) is 0 Å². The van der Waals surface area contributed by atoms with Crippen LogP contribution in [0.1, 0.15) is 58.1 Å². The maximum Gasteiger partial charge on any atom is 0.315 e. The molecule has 5 nitrogen and oxygen atoms in total. The van der Waals surface area contributed by atoms with Gasteiger partial charge in [0.25, 0.3) is 0 Å². The van der Waals surface area contributed by atoms with Gasteiger partial charge in [-0.1, -0.05) is 26.0 Å². The predicted molar refractivity (Wildman–Crippen MR) is 92.2 cm³/mol. The first-order valence-electron chi connectivity index (χ1n) is 8.51. The summed E-state index contributed by atoms with van der Waals surface area (Å²) >= 11 is 0. The van der Waals surface area contributed by atoms with E-state index in [0.29, 0.717) is 0 Å². The summed E-state index contributed by atoms with van der Waals surface area (Å²) < 4.78 is 0. The Balaban J connectivity index is 1.85. The molecular weight excluding hydrogens is 290 g/mol. The highest BCUT2D eigenvalue weighted by molar-refractivity contribution is 5.94. The molecule has 3 N–H and O–H groups in total. The number of amides is 3. The van der Waals surface area contributed by atoms with Crippen LogP contribution < -0.4 is 16.0 Å². The molecule has 0 bridgehead atoms. The normalized spacial score (nSPS) is 15.1. The molecule has 1 unspecified atom stereocenters. The van der Waals surface area contributed by atoms with Gasteiger partial charge in [0.05, 0.1) is 6.04 Å². The molecule has 0 heterocycles. The number of urea groups is 1. The lowest BCUT2D eigenvalue weighted by Gasteiger charge is -2.19. The van der Waals surface area contributed by atoms with Crippen molar-refractivity contribution in [3.05, 3.63) is 29.8 Å². The fourth-order valence-electron chi connectivity index (χ4n) is 2.44. The molecule has 1 saturated carbocycles. The zero-order valence-corrected chi connectivity index (χ0v) is 14.2. The quantitative estimate of drug-likeness (QED) is 0.719. The number of carbonyl (C=O) groups excluding carboxylic acids is 2. The van der Waals surface area contributed by atoms with E-state index < -0.39 is 0 Å². The van der Waals surface area contributed by atoms with Crippen molar-refractivity contribution in [2.75, 3.05) is 5.32 Å². The molecule has 23 heavy (non-hydrogen) atoms. The molecule has 2 rings (SSSR count). The van der Waals surface area contributed by atoms with E-state index in [1.54, 1.807) is 0 Å². The third kappa shape index (κ3) is 5.27. The molecule has 1 atom stereocenters. The number of hydrogen-bond acceptors (Lipinski definition) is 2. The Morgan fingerprint density at radius 1 is 1.09 bits per heavy atom. The standard InChI is InChI=1S/C18H27N3O2/c1-4-15(5-2)21-18(23)19-12(3)13-8-10-16(11-9-13)20-17(22)14-6-7-14/h8-12,14-15H,4-7H2,1-3H3,(H,20,22)(H2,19,21,23). The van der Waals surface area contributed by atoms with Crippen molar-refractivity contribution in [2.24, 2.45) is 5.92 Å². The third-order valence-corrected chi connectivity index (χ3v) is 4.29. The minimum atomic E-state index is -0.141. The van der Waals surface area contributed by atoms with Crippen LogP contribution in [-0.4, -0.2) is 18.0 Å². The van der Waals surface area contributed by atoms with Gasteiger partial charge < -0.3 is 16.0 Å². The van der Waals surface area contributed by atoms with Gasteiger partial charge in [-0.3, -0.25) is 4.79 Å². The van der Waals surface area contributed by atoms with Crippen LogP contribution in [0.2, 0.25) is 0 Å². The van der Waals surface area contributed by atoms with Crippen molar-refractivity contribution in [2.45, 2.75) is 58.5 Å². The summed E-state index contributed by atoms with van der Waals surface area (Å²) in [5.74, 6) is 0.303. The highest BCUT2D eigenvalue weighted by atomic mass is 16.2. The molecule has 3 amide bonds. The van der Waals surface area contributed by atoms with Crippen LogP contribution in [0.3, 0.4) is 0 Å². The van der Waals surface area contributed by atoms with Crippen molar-refractivity contribution >= 4 is 17.6 Å². The number of rotatable bonds is 7. The number of benzene rings is 1. The van der Waals surface area contributed by atoms with Crippen LogP contribution in [0, 0.1) is 5.92 Å². The Labute approximate surface area is 138 Å². The first-order chi connectivity index (χ1) is 11.0. The van der Waals surface area contributed by atoms with E-state index in [1.807, 2.05) is 31.2 Å². The molecule has 0 spiro atoms. The number of nitrogens with one attached hydrogen (secondary N) is 3. The largest absolute Gasteiger partial charge is 0.335 e. The van der Waals surface area contributed by atoms with Gasteiger partial charge in [0, 0.05) is 17.6 Å². The molecule has 126 valence electrons. The van der Waals surface area contributed by atoms with Gasteiger partial charge in [-0.05, 0) is 50.3 Å². The molecule has 0 aliphatic heterocycles. The molecule has 0 radical (unpaired) electrons. The van der Waals surface area contributed by atoms with E-state index in [4.69, 9.17) is 0 Å². The Hall–Kier alpha value is -2.04. The van der Waals surface area contributed by atoms with Gasteiger partial charge in [-0.25, -0.2) is 4.79 Å². The second kappa shape index (κ2) is 7.99. The molecule has 1 aliphatic carbocycles. The minimum Gasteiger partial charge on any atom is -0.335 e. The van der Waals surface area contributed by atoms with Gasteiger partial charge >= 0.3 is 6.03 Å². The Bertz CT molecular complexity index is 534. The van der Waals surface area contributed by atoms with Gasteiger partial charge in [0.2, 0.25) is 5.91 Å². The summed E-state index contributed by atoms with van der Waals surface area (Å²) in [4.78, 5) is 23.7. The highest BCUT2D eigenvalue weighted by Gasteiger charge is 2.29. The molecule has 0 saturated heterocycles. The van der Waals surface area contributed by atoms with Crippen LogP contribution in [0.5, 0.6) is 0 Å². The lowest BCUT2D eigenvalue weighted by molar-refractivity contribution is -0.117. The van der Waals surface area contributed by atoms with Gasteiger partial charge in [-0.15, -0.1) is 0 Å². The van der Waals surface area contributed by atoms with Crippen molar-refractivity contribution in [1.82, 2.24) is 10.6 Å². The van der Waals surface area contributed by atoms with Crippen LogP contribution >= 0.6 is 0 Å². The SMILES string of the molecule is CCC(CC)NC(=O)NC(C)c1ccc(NC(=O)C2CC2)cc1. The topological polar surface area (TPSA) is 70.2 Å². The predicted octanol–water partition coefficient (Wildman–Crippen LogP) is 3.58. The van der Waals surface area contributed by atoms with Crippen LogP contribution in [0.25, 0.3) is 0 Å². The number of hydrogen-bond donors (Lipinski definition) is 3. The molecule has 5 heteroatoms. The summed E-state index contributed by atoms with van der Waals surface area (Å²) in [5, 5.41) is 8.83. The fraction of sp³-hybridized carbons (Fsp3) is 0.556. The Morgan fingerprint density at radius 3 is 2.22 bits per heavy atom. The lowest BCUT2D eigenvalue weighted by atomic mass is 10.1. The van der Waals surface area contributed by atoms with Gasteiger partial charge in [-0.2, -0.15) is 0 Å². The van der Waals surface area contributed by atoms with E-state index in [0.717, 1.165) is 36.9 Å². The first-order valence-corrected chi connectivity index (χ1v) is 8.51. The molecule has 1 aromatic rings. The summed E-state index contributed by atoms with van der Waals surface area (Å²) in [6.07, 6.45) is 3.84. The zero-order chi connectivity index (χ0) is 16.8. The maximum absolute atomic E-state index is 12.0. The summed E-state index contributed by atoms with van der Waals surface area (Å²) in [5.41, 5.74) is 1.81. The van der Waals surface area contributed by atoms with Crippen molar-refractivity contribution in [1.29, 1.82) is 0 Å². The minimum absolute atomic E-state index is 0.0856. The monoisotopic (exact) mass is 317 g/mol. The van der Waals surface area contributed by atoms with Crippen molar-refractivity contribution in [3.63, 3.8) is 0 Å². The van der Waals surface area contributed by atoms with E-state index in [1.165, 1.54) is 0 Å². The van der Waals surface area contributed by atoms with Crippen LogP contribution in [0.15, 0.2) is 24.3 Å². The van der Waals surface area contributed by atoms with E-state index in [-0.39, 0.29) is 29.9 Å². The average Bonchev–Trinajstić information content (AvgIpc) is 3.38. The third-order valence-electron chi connectivity index (χ3n) is 4.29. The number of anilines is 1. The Morgan fingerprint density at radius 2 is 1.70 bits per heavy atom. The second-order valence-electron chi connectivity index (χ2n) is 6.24.